The number of carbonyl (C=O) groups excluding carboxylic acids is 1. The molecule has 54 valence electrons. The molecule has 0 saturated carbocycles. The van der Waals surface area contributed by atoms with Gasteiger partial charge in [0, 0.05) is 6.92 Å². The van der Waals surface area contributed by atoms with E-state index in [0.29, 0.717) is 0 Å². The Morgan fingerprint density at radius 1 is 1.89 bits per heavy atom. The van der Waals surface area contributed by atoms with Gasteiger partial charge in [0.2, 0.25) is 5.91 Å². The molecule has 0 aliphatic heterocycles. The van der Waals surface area contributed by atoms with Gasteiger partial charge >= 0.3 is 0 Å². The smallest absolute Gasteiger partial charge is 0.240 e. The standard InChI is InChI=1S/C5H11NO3/c1-4(3-7)9-6-5(2)8/h4,7H,3H2,1-2H3,(H,6,8)/t4-/m1/s1. The summed E-state index contributed by atoms with van der Waals surface area (Å²) in [6, 6.07) is 0. The van der Waals surface area contributed by atoms with E-state index in [9.17, 15) is 4.79 Å². The molecule has 1 amide bonds. The minimum Gasteiger partial charge on any atom is -0.394 e. The number of hydrogen-bond acceptors (Lipinski definition) is 3. The first-order valence-electron chi connectivity index (χ1n) is 2.70. The molecular formula is C5H11NO3. The van der Waals surface area contributed by atoms with Gasteiger partial charge < -0.3 is 5.11 Å². The molecule has 1 atom stereocenters. The van der Waals surface area contributed by atoms with Crippen LogP contribution in [0.15, 0.2) is 0 Å². The third kappa shape index (κ3) is 5.26. The molecule has 4 nitrogen and oxygen atoms in total. The van der Waals surface area contributed by atoms with Crippen molar-refractivity contribution in [2.45, 2.75) is 20.0 Å². The number of rotatable bonds is 3. The maximum Gasteiger partial charge on any atom is 0.240 e. The highest BCUT2D eigenvalue weighted by Gasteiger charge is 1.98. The topological polar surface area (TPSA) is 58.6 Å². The predicted molar refractivity (Wildman–Crippen MR) is 31.4 cm³/mol. The van der Waals surface area contributed by atoms with Gasteiger partial charge in [0.25, 0.3) is 0 Å². The zero-order valence-electron chi connectivity index (χ0n) is 5.55. The lowest BCUT2D eigenvalue weighted by Crippen LogP contribution is -2.27. The van der Waals surface area contributed by atoms with Crippen LogP contribution in [0.25, 0.3) is 0 Å². The van der Waals surface area contributed by atoms with E-state index >= 15 is 0 Å². The SMILES string of the molecule is CC(=O)NO[C@H](C)CO. The van der Waals surface area contributed by atoms with Gasteiger partial charge in [-0.25, -0.2) is 5.48 Å². The fraction of sp³-hybridized carbons (Fsp3) is 0.800. The summed E-state index contributed by atoms with van der Waals surface area (Å²) in [6.45, 7) is 2.89. The molecule has 0 aromatic rings. The summed E-state index contributed by atoms with van der Waals surface area (Å²) in [5.41, 5.74) is 2.10. The predicted octanol–water partition coefficient (Wildman–Crippen LogP) is -0.565. The van der Waals surface area contributed by atoms with E-state index < -0.39 is 0 Å². The fourth-order valence-electron chi connectivity index (χ4n) is 0.221. The second-order valence-corrected chi connectivity index (χ2v) is 1.77. The third-order valence-electron chi connectivity index (χ3n) is 0.661. The molecule has 0 bridgehead atoms. The first-order chi connectivity index (χ1) is 4.16. The summed E-state index contributed by atoms with van der Waals surface area (Å²) >= 11 is 0. The number of aliphatic hydroxyl groups excluding tert-OH is 1. The van der Waals surface area contributed by atoms with Crippen molar-refractivity contribution in [1.82, 2.24) is 5.48 Å². The zero-order chi connectivity index (χ0) is 7.28. The lowest BCUT2D eigenvalue weighted by atomic mass is 10.5. The summed E-state index contributed by atoms with van der Waals surface area (Å²) in [5.74, 6) is -0.268. The molecule has 0 aliphatic carbocycles. The van der Waals surface area contributed by atoms with E-state index in [1.165, 1.54) is 6.92 Å². The molecule has 0 rings (SSSR count). The van der Waals surface area contributed by atoms with Crippen LogP contribution in [0.4, 0.5) is 0 Å². The van der Waals surface area contributed by atoms with Gasteiger partial charge in [-0.15, -0.1) is 0 Å². The van der Waals surface area contributed by atoms with E-state index in [1.807, 2.05) is 0 Å². The maximum absolute atomic E-state index is 10.1. The third-order valence-corrected chi connectivity index (χ3v) is 0.661. The number of carbonyl (C=O) groups is 1. The highest BCUT2D eigenvalue weighted by atomic mass is 16.7. The van der Waals surface area contributed by atoms with E-state index in [1.54, 1.807) is 6.92 Å². The minimum absolute atomic E-state index is 0.0969. The summed E-state index contributed by atoms with van der Waals surface area (Å²) in [7, 11) is 0. The van der Waals surface area contributed by atoms with Crippen molar-refractivity contribution in [1.29, 1.82) is 0 Å². The summed E-state index contributed by atoms with van der Waals surface area (Å²) in [6.07, 6.45) is -0.339. The Hall–Kier alpha value is -0.610. The van der Waals surface area contributed by atoms with Crippen LogP contribution in [-0.4, -0.2) is 23.7 Å². The summed E-state index contributed by atoms with van der Waals surface area (Å²) < 4.78 is 0. The second-order valence-electron chi connectivity index (χ2n) is 1.77. The molecule has 0 aromatic heterocycles. The Morgan fingerprint density at radius 3 is 2.78 bits per heavy atom. The lowest BCUT2D eigenvalue weighted by molar-refractivity contribution is -0.137. The number of amides is 1. The molecule has 0 aromatic carbocycles. The van der Waals surface area contributed by atoms with Crippen molar-refractivity contribution in [2.75, 3.05) is 6.61 Å². The first-order valence-corrected chi connectivity index (χ1v) is 2.70. The fourth-order valence-corrected chi connectivity index (χ4v) is 0.221. The molecule has 0 unspecified atom stereocenters. The van der Waals surface area contributed by atoms with Gasteiger partial charge in [0.05, 0.1) is 6.61 Å². The molecule has 2 N–H and O–H groups in total. The van der Waals surface area contributed by atoms with E-state index in [0.717, 1.165) is 0 Å². The minimum atomic E-state index is -0.339. The first kappa shape index (κ1) is 8.39. The Bertz CT molecular complexity index is 94.2. The van der Waals surface area contributed by atoms with Crippen molar-refractivity contribution < 1.29 is 14.7 Å². The van der Waals surface area contributed by atoms with Crippen LogP contribution in [0.1, 0.15) is 13.8 Å². The Labute approximate surface area is 53.8 Å². The molecule has 9 heavy (non-hydrogen) atoms. The molecular weight excluding hydrogens is 122 g/mol. The average Bonchev–Trinajstić information content (AvgIpc) is 1.83. The second kappa shape index (κ2) is 4.29. The van der Waals surface area contributed by atoms with E-state index in [-0.39, 0.29) is 18.6 Å². The number of hydrogen-bond donors (Lipinski definition) is 2. The van der Waals surface area contributed by atoms with E-state index in [4.69, 9.17) is 5.11 Å². The zero-order valence-corrected chi connectivity index (χ0v) is 5.55. The van der Waals surface area contributed by atoms with Crippen LogP contribution in [0.2, 0.25) is 0 Å². The van der Waals surface area contributed by atoms with Gasteiger partial charge in [-0.05, 0) is 6.92 Å². The Morgan fingerprint density at radius 2 is 2.44 bits per heavy atom. The monoisotopic (exact) mass is 133 g/mol. The van der Waals surface area contributed by atoms with Gasteiger partial charge in [-0.1, -0.05) is 0 Å². The maximum atomic E-state index is 10.1. The number of aliphatic hydroxyl groups is 1. The molecule has 0 saturated heterocycles. The molecule has 4 heteroatoms. The Balaban J connectivity index is 3.16. The van der Waals surface area contributed by atoms with Gasteiger partial charge in [0.15, 0.2) is 0 Å². The lowest BCUT2D eigenvalue weighted by Gasteiger charge is -2.07. The van der Waals surface area contributed by atoms with Crippen LogP contribution >= 0.6 is 0 Å². The van der Waals surface area contributed by atoms with E-state index in [2.05, 4.69) is 10.3 Å². The van der Waals surface area contributed by atoms with Crippen molar-refractivity contribution in [3.05, 3.63) is 0 Å². The highest BCUT2D eigenvalue weighted by Crippen LogP contribution is 1.82. The van der Waals surface area contributed by atoms with Crippen LogP contribution in [0, 0.1) is 0 Å². The average molecular weight is 133 g/mol. The summed E-state index contributed by atoms with van der Waals surface area (Å²) in [5, 5.41) is 8.37. The van der Waals surface area contributed by atoms with Crippen LogP contribution in [0.3, 0.4) is 0 Å². The Kier molecular flexibility index (Phi) is 4.00. The largest absolute Gasteiger partial charge is 0.394 e. The molecule has 0 spiro atoms. The van der Waals surface area contributed by atoms with Crippen molar-refractivity contribution >= 4 is 5.91 Å². The summed E-state index contributed by atoms with van der Waals surface area (Å²) in [4.78, 5) is 14.7. The van der Waals surface area contributed by atoms with Crippen LogP contribution in [0.5, 0.6) is 0 Å². The van der Waals surface area contributed by atoms with Gasteiger partial charge in [0.1, 0.15) is 6.10 Å². The molecule has 0 heterocycles. The molecule has 0 radical (unpaired) electrons. The van der Waals surface area contributed by atoms with Crippen molar-refractivity contribution in [3.63, 3.8) is 0 Å². The van der Waals surface area contributed by atoms with Crippen molar-refractivity contribution in [3.8, 4) is 0 Å². The normalized spacial score (nSPS) is 12.8. The van der Waals surface area contributed by atoms with Crippen LogP contribution < -0.4 is 5.48 Å². The highest BCUT2D eigenvalue weighted by molar-refractivity contribution is 5.71. The molecule has 0 aliphatic rings. The van der Waals surface area contributed by atoms with Gasteiger partial charge in [-0.2, -0.15) is 0 Å². The number of hydroxylamine groups is 1. The molecule has 0 fully saturated rings. The van der Waals surface area contributed by atoms with Gasteiger partial charge in [-0.3, -0.25) is 9.63 Å². The number of nitrogens with one attached hydrogen (secondary N) is 1. The quantitative estimate of drug-likeness (QED) is 0.507. The van der Waals surface area contributed by atoms with Crippen LogP contribution in [-0.2, 0) is 9.63 Å². The van der Waals surface area contributed by atoms with Crippen molar-refractivity contribution in [2.24, 2.45) is 0 Å².